The first-order valence-electron chi connectivity index (χ1n) is 6.09. The Hall–Kier alpha value is -1.60. The van der Waals surface area contributed by atoms with E-state index in [9.17, 15) is 0 Å². The summed E-state index contributed by atoms with van der Waals surface area (Å²) in [6.45, 7) is 1.31. The zero-order valence-electron chi connectivity index (χ0n) is 11.7. The molecule has 1 heterocycles. The lowest BCUT2D eigenvalue weighted by atomic mass is 10.2. The Balaban J connectivity index is 2.01. The quantitative estimate of drug-likeness (QED) is 0.869. The Morgan fingerprint density at radius 2 is 2.05 bits per heavy atom. The molecule has 0 aliphatic heterocycles. The van der Waals surface area contributed by atoms with Gasteiger partial charge in [0, 0.05) is 13.6 Å². The van der Waals surface area contributed by atoms with E-state index in [0.29, 0.717) is 24.6 Å². The third kappa shape index (κ3) is 3.49. The molecule has 0 saturated carbocycles. The fourth-order valence-corrected chi connectivity index (χ4v) is 2.51. The molecule has 6 nitrogen and oxygen atoms in total. The molecule has 0 saturated heterocycles. The van der Waals surface area contributed by atoms with E-state index in [4.69, 9.17) is 9.47 Å². The molecule has 0 aliphatic carbocycles. The lowest BCUT2D eigenvalue weighted by Crippen LogP contribution is -2.14. The largest absolute Gasteiger partial charge is 0.493 e. The van der Waals surface area contributed by atoms with E-state index in [0.717, 1.165) is 15.9 Å². The number of benzene rings is 1. The third-order valence-corrected chi connectivity index (χ3v) is 3.34. The molecule has 0 amide bonds. The summed E-state index contributed by atoms with van der Waals surface area (Å²) < 4.78 is 13.2. The van der Waals surface area contributed by atoms with E-state index >= 15 is 0 Å². The van der Waals surface area contributed by atoms with Crippen LogP contribution >= 0.6 is 15.9 Å². The molecule has 0 fully saturated rings. The summed E-state index contributed by atoms with van der Waals surface area (Å²) in [5, 5.41) is 7.50. The first-order chi connectivity index (χ1) is 9.63. The van der Waals surface area contributed by atoms with Crippen LogP contribution in [0, 0.1) is 0 Å². The summed E-state index contributed by atoms with van der Waals surface area (Å²) in [6.07, 6.45) is 1.68. The van der Waals surface area contributed by atoms with E-state index in [1.54, 1.807) is 25.2 Å². The van der Waals surface area contributed by atoms with Crippen molar-refractivity contribution in [3.63, 3.8) is 0 Å². The van der Waals surface area contributed by atoms with E-state index < -0.39 is 0 Å². The fourth-order valence-electron chi connectivity index (χ4n) is 1.86. The second-order valence-corrected chi connectivity index (χ2v) is 5.11. The monoisotopic (exact) mass is 340 g/mol. The Kier molecular flexibility index (Phi) is 4.97. The predicted molar refractivity (Wildman–Crippen MR) is 78.8 cm³/mol. The minimum Gasteiger partial charge on any atom is -0.493 e. The van der Waals surface area contributed by atoms with Gasteiger partial charge in [0.15, 0.2) is 17.3 Å². The van der Waals surface area contributed by atoms with E-state index in [1.807, 2.05) is 19.2 Å². The molecule has 7 heteroatoms. The van der Waals surface area contributed by atoms with Gasteiger partial charge in [-0.1, -0.05) is 0 Å². The van der Waals surface area contributed by atoms with Crippen molar-refractivity contribution in [3.05, 3.63) is 34.3 Å². The molecule has 0 atom stereocenters. The number of rotatable bonds is 6. The third-order valence-electron chi connectivity index (χ3n) is 2.75. The van der Waals surface area contributed by atoms with Crippen LogP contribution in [0.25, 0.3) is 0 Å². The molecule has 0 aliphatic rings. The highest BCUT2D eigenvalue weighted by atomic mass is 79.9. The maximum absolute atomic E-state index is 5.31. The van der Waals surface area contributed by atoms with Crippen LogP contribution in [-0.2, 0) is 20.1 Å². The van der Waals surface area contributed by atoms with E-state index in [1.165, 1.54) is 0 Å². The van der Waals surface area contributed by atoms with Gasteiger partial charge in [-0.25, -0.2) is 4.98 Å². The van der Waals surface area contributed by atoms with Crippen molar-refractivity contribution < 1.29 is 9.47 Å². The van der Waals surface area contributed by atoms with Crippen LogP contribution in [0.2, 0.25) is 0 Å². The van der Waals surface area contributed by atoms with Crippen molar-refractivity contribution in [2.75, 3.05) is 14.2 Å². The molecule has 2 rings (SSSR count). The molecular formula is C13H17BrN4O2. The number of aromatic nitrogens is 3. The number of ether oxygens (including phenoxy) is 2. The summed E-state index contributed by atoms with van der Waals surface area (Å²) in [5.74, 6) is 2.17. The Labute approximate surface area is 126 Å². The highest BCUT2D eigenvalue weighted by molar-refractivity contribution is 9.10. The van der Waals surface area contributed by atoms with Crippen molar-refractivity contribution in [2.45, 2.75) is 13.1 Å². The highest BCUT2D eigenvalue weighted by Gasteiger charge is 2.10. The molecule has 0 bridgehead atoms. The molecule has 1 aromatic carbocycles. The van der Waals surface area contributed by atoms with E-state index in [-0.39, 0.29) is 0 Å². The van der Waals surface area contributed by atoms with Crippen molar-refractivity contribution >= 4 is 15.9 Å². The Morgan fingerprint density at radius 1 is 1.25 bits per heavy atom. The zero-order chi connectivity index (χ0) is 14.5. The maximum atomic E-state index is 5.31. The second-order valence-electron chi connectivity index (χ2n) is 4.25. The van der Waals surface area contributed by atoms with Crippen LogP contribution in [-0.4, -0.2) is 29.0 Å². The molecule has 2 aromatic rings. The second kappa shape index (κ2) is 6.71. The molecule has 0 unspecified atom stereocenters. The Morgan fingerprint density at radius 3 is 2.65 bits per heavy atom. The van der Waals surface area contributed by atoms with Gasteiger partial charge in [0.2, 0.25) is 0 Å². The maximum Gasteiger partial charge on any atom is 0.174 e. The normalized spacial score (nSPS) is 10.6. The molecule has 0 radical (unpaired) electrons. The lowest BCUT2D eigenvalue weighted by molar-refractivity contribution is 0.352. The molecular weight excluding hydrogens is 324 g/mol. The van der Waals surface area contributed by atoms with Gasteiger partial charge < -0.3 is 14.8 Å². The first kappa shape index (κ1) is 14.8. The smallest absolute Gasteiger partial charge is 0.174 e. The topological polar surface area (TPSA) is 61.2 Å². The van der Waals surface area contributed by atoms with Crippen molar-refractivity contribution in [1.29, 1.82) is 0 Å². The van der Waals surface area contributed by atoms with Crippen molar-refractivity contribution in [3.8, 4) is 11.5 Å². The van der Waals surface area contributed by atoms with Crippen LogP contribution in [0.15, 0.2) is 22.9 Å². The number of nitrogens with one attached hydrogen (secondary N) is 1. The summed E-state index contributed by atoms with van der Waals surface area (Å²) >= 11 is 3.48. The van der Waals surface area contributed by atoms with Gasteiger partial charge >= 0.3 is 0 Å². The van der Waals surface area contributed by atoms with Gasteiger partial charge in [-0.3, -0.25) is 4.68 Å². The minimum atomic E-state index is 0.618. The number of nitrogens with zero attached hydrogens (tertiary/aromatic N) is 3. The first-order valence-corrected chi connectivity index (χ1v) is 6.89. The van der Waals surface area contributed by atoms with Crippen LogP contribution < -0.4 is 14.8 Å². The number of hydrogen-bond acceptors (Lipinski definition) is 5. The van der Waals surface area contributed by atoms with Gasteiger partial charge in [0.05, 0.1) is 25.2 Å². The van der Waals surface area contributed by atoms with E-state index in [2.05, 4.69) is 31.3 Å². The summed E-state index contributed by atoms with van der Waals surface area (Å²) in [5.41, 5.74) is 1.09. The lowest BCUT2D eigenvalue weighted by Gasteiger charge is -2.12. The van der Waals surface area contributed by atoms with Gasteiger partial charge in [0.1, 0.15) is 6.33 Å². The molecule has 1 N–H and O–H groups in total. The summed E-state index contributed by atoms with van der Waals surface area (Å²) in [4.78, 5) is 4.16. The fraction of sp³-hybridized carbons (Fsp3) is 0.385. The molecule has 20 heavy (non-hydrogen) atoms. The van der Waals surface area contributed by atoms with Crippen LogP contribution in [0.1, 0.15) is 11.4 Å². The molecule has 1 aromatic heterocycles. The van der Waals surface area contributed by atoms with Crippen molar-refractivity contribution in [2.24, 2.45) is 7.05 Å². The SMILES string of the molecule is COc1cc(CNCc2ncn(C)n2)cc(Br)c1OC. The summed E-state index contributed by atoms with van der Waals surface area (Å²) in [6, 6.07) is 3.95. The van der Waals surface area contributed by atoms with Crippen LogP contribution in [0.3, 0.4) is 0 Å². The van der Waals surface area contributed by atoms with Gasteiger partial charge in [-0.15, -0.1) is 0 Å². The van der Waals surface area contributed by atoms with Gasteiger partial charge in [0.25, 0.3) is 0 Å². The highest BCUT2D eigenvalue weighted by Crippen LogP contribution is 2.36. The van der Waals surface area contributed by atoms with Crippen molar-refractivity contribution in [1.82, 2.24) is 20.1 Å². The average molecular weight is 341 g/mol. The average Bonchev–Trinajstić information content (AvgIpc) is 2.83. The number of hydrogen-bond donors (Lipinski definition) is 1. The van der Waals surface area contributed by atoms with Crippen LogP contribution in [0.5, 0.6) is 11.5 Å². The zero-order valence-corrected chi connectivity index (χ0v) is 13.3. The predicted octanol–water partition coefficient (Wildman–Crippen LogP) is 1.88. The van der Waals surface area contributed by atoms with Gasteiger partial charge in [-0.2, -0.15) is 5.10 Å². The minimum absolute atomic E-state index is 0.618. The number of aryl methyl sites for hydroxylation is 1. The Bertz CT molecular complexity index is 586. The number of methoxy groups -OCH3 is 2. The van der Waals surface area contributed by atoms with Gasteiger partial charge in [-0.05, 0) is 33.6 Å². The summed E-state index contributed by atoms with van der Waals surface area (Å²) in [7, 11) is 5.09. The molecule has 108 valence electrons. The van der Waals surface area contributed by atoms with Crippen LogP contribution in [0.4, 0.5) is 0 Å². The molecule has 0 spiro atoms. The number of halogens is 1. The standard InChI is InChI=1S/C13H17BrN4O2/c1-18-8-16-12(17-18)7-15-6-9-4-10(14)13(20-3)11(5-9)19-2/h4-5,8,15H,6-7H2,1-3H3.